The molecule has 0 N–H and O–H groups in total. The van der Waals surface area contributed by atoms with Crippen molar-refractivity contribution in [2.24, 2.45) is 0 Å². The molecule has 3 aromatic carbocycles. The fourth-order valence-electron chi connectivity index (χ4n) is 2.59. The van der Waals surface area contributed by atoms with Crippen LogP contribution in [0.2, 0.25) is 0 Å². The fourth-order valence-corrected chi connectivity index (χ4v) is 2.59. The van der Waals surface area contributed by atoms with Gasteiger partial charge in [0, 0.05) is 17.7 Å². The summed E-state index contributed by atoms with van der Waals surface area (Å²) in [5.74, 6) is 1.24. The number of nitriles is 1. The lowest BCUT2D eigenvalue weighted by molar-refractivity contribution is -0.384. The molecule has 0 amide bonds. The Balaban J connectivity index is 1.90. The number of non-ortho nitro benzene ring substituents is 1. The quantitative estimate of drug-likeness (QED) is 0.469. The summed E-state index contributed by atoms with van der Waals surface area (Å²) in [6.07, 6.45) is 0. The highest BCUT2D eigenvalue weighted by atomic mass is 16.6. The zero-order valence-electron chi connectivity index (χ0n) is 14.6. The number of hydrogen-bond donors (Lipinski definition) is 0. The molecule has 0 aliphatic carbocycles. The van der Waals surface area contributed by atoms with Crippen molar-refractivity contribution in [1.29, 1.82) is 5.26 Å². The summed E-state index contributed by atoms with van der Waals surface area (Å²) in [5, 5.41) is 20.0. The molecule has 6 nitrogen and oxygen atoms in total. The predicted octanol–water partition coefficient (Wildman–Crippen LogP) is 4.72. The van der Waals surface area contributed by atoms with E-state index in [1.807, 2.05) is 24.3 Å². The average Bonchev–Trinajstić information content (AvgIpc) is 2.72. The zero-order valence-corrected chi connectivity index (χ0v) is 14.6. The van der Waals surface area contributed by atoms with E-state index in [4.69, 9.17) is 14.7 Å². The molecule has 0 aliphatic rings. The van der Waals surface area contributed by atoms with E-state index in [1.165, 1.54) is 12.1 Å². The van der Waals surface area contributed by atoms with Gasteiger partial charge in [-0.2, -0.15) is 5.26 Å². The summed E-state index contributed by atoms with van der Waals surface area (Å²) in [6.45, 7) is 0.284. The number of methoxy groups -OCH3 is 1. The molecule has 0 saturated heterocycles. The van der Waals surface area contributed by atoms with Crippen molar-refractivity contribution in [3.05, 3.63) is 88.0 Å². The molecular weight excluding hydrogens is 344 g/mol. The van der Waals surface area contributed by atoms with Gasteiger partial charge < -0.3 is 9.47 Å². The van der Waals surface area contributed by atoms with Crippen LogP contribution in [0, 0.1) is 21.4 Å². The molecule has 3 rings (SSSR count). The Morgan fingerprint density at radius 1 is 1.04 bits per heavy atom. The lowest BCUT2D eigenvalue weighted by atomic mass is 10.0. The van der Waals surface area contributed by atoms with E-state index in [-0.39, 0.29) is 12.3 Å². The second-order valence-corrected chi connectivity index (χ2v) is 5.76. The highest BCUT2D eigenvalue weighted by molar-refractivity contribution is 5.73. The first-order valence-electron chi connectivity index (χ1n) is 8.15. The van der Waals surface area contributed by atoms with Gasteiger partial charge in [0.25, 0.3) is 5.69 Å². The van der Waals surface area contributed by atoms with E-state index < -0.39 is 4.92 Å². The van der Waals surface area contributed by atoms with Crippen LogP contribution in [0.15, 0.2) is 66.7 Å². The topological polar surface area (TPSA) is 85.4 Å². The third-order valence-electron chi connectivity index (χ3n) is 4.05. The normalized spacial score (nSPS) is 10.1. The largest absolute Gasteiger partial charge is 0.497 e. The molecule has 6 heteroatoms. The zero-order chi connectivity index (χ0) is 19.2. The highest BCUT2D eigenvalue weighted by Gasteiger charge is 2.14. The number of nitro groups is 1. The maximum absolute atomic E-state index is 11.2. The van der Waals surface area contributed by atoms with Gasteiger partial charge in [0.1, 0.15) is 18.1 Å². The van der Waals surface area contributed by atoms with Crippen LogP contribution in [0.5, 0.6) is 11.5 Å². The smallest absolute Gasteiger partial charge is 0.270 e. The summed E-state index contributed by atoms with van der Waals surface area (Å²) in [4.78, 5) is 10.7. The van der Waals surface area contributed by atoms with E-state index in [0.29, 0.717) is 22.6 Å². The summed E-state index contributed by atoms with van der Waals surface area (Å²) < 4.78 is 11.1. The molecule has 0 aliphatic heterocycles. The lowest BCUT2D eigenvalue weighted by Crippen LogP contribution is -1.98. The summed E-state index contributed by atoms with van der Waals surface area (Å²) in [6, 6.07) is 20.9. The van der Waals surface area contributed by atoms with Gasteiger partial charge in [-0.3, -0.25) is 10.1 Å². The minimum atomic E-state index is -0.433. The first-order valence-corrected chi connectivity index (χ1v) is 8.15. The second-order valence-electron chi connectivity index (χ2n) is 5.76. The van der Waals surface area contributed by atoms with Crippen LogP contribution < -0.4 is 9.47 Å². The Morgan fingerprint density at radius 3 is 2.33 bits per heavy atom. The minimum absolute atomic E-state index is 0.00783. The SMILES string of the molecule is COc1ccc(-c2cc([N+](=O)[O-])ccc2OCc2ccc(C#N)cc2)cc1. The molecule has 0 bridgehead atoms. The number of hydrogen-bond acceptors (Lipinski definition) is 5. The highest BCUT2D eigenvalue weighted by Crippen LogP contribution is 2.34. The van der Waals surface area contributed by atoms with Crippen molar-refractivity contribution in [2.45, 2.75) is 6.61 Å². The van der Waals surface area contributed by atoms with Crippen LogP contribution in [0.3, 0.4) is 0 Å². The molecule has 3 aromatic rings. The van der Waals surface area contributed by atoms with Crippen LogP contribution >= 0.6 is 0 Å². The number of nitrogens with zero attached hydrogens (tertiary/aromatic N) is 2. The van der Waals surface area contributed by atoms with Crippen molar-refractivity contribution >= 4 is 5.69 Å². The monoisotopic (exact) mass is 360 g/mol. The van der Waals surface area contributed by atoms with Gasteiger partial charge in [-0.25, -0.2) is 0 Å². The van der Waals surface area contributed by atoms with Gasteiger partial charge in [0.05, 0.1) is 23.7 Å². The summed E-state index contributed by atoms with van der Waals surface area (Å²) in [5.41, 5.74) is 2.88. The summed E-state index contributed by atoms with van der Waals surface area (Å²) >= 11 is 0. The molecule has 0 heterocycles. The Kier molecular flexibility index (Phi) is 5.33. The van der Waals surface area contributed by atoms with Crippen LogP contribution in [0.25, 0.3) is 11.1 Å². The number of ether oxygens (including phenoxy) is 2. The van der Waals surface area contributed by atoms with E-state index >= 15 is 0 Å². The van der Waals surface area contributed by atoms with Crippen LogP contribution in [-0.4, -0.2) is 12.0 Å². The van der Waals surface area contributed by atoms with Crippen LogP contribution in [-0.2, 0) is 6.61 Å². The lowest BCUT2D eigenvalue weighted by Gasteiger charge is -2.12. The minimum Gasteiger partial charge on any atom is -0.497 e. The Bertz CT molecular complexity index is 990. The number of nitro benzene ring substituents is 1. The summed E-state index contributed by atoms with van der Waals surface area (Å²) in [7, 11) is 1.58. The molecule has 0 radical (unpaired) electrons. The average molecular weight is 360 g/mol. The Morgan fingerprint density at radius 2 is 1.74 bits per heavy atom. The maximum atomic E-state index is 11.2. The van der Waals surface area contributed by atoms with E-state index in [0.717, 1.165) is 11.1 Å². The molecule has 134 valence electrons. The van der Waals surface area contributed by atoms with Gasteiger partial charge >= 0.3 is 0 Å². The molecule has 0 spiro atoms. The third-order valence-corrected chi connectivity index (χ3v) is 4.05. The van der Waals surface area contributed by atoms with Gasteiger partial charge in [-0.15, -0.1) is 0 Å². The molecule has 0 saturated carbocycles. The third kappa shape index (κ3) is 4.22. The van der Waals surface area contributed by atoms with Crippen molar-refractivity contribution in [3.8, 4) is 28.7 Å². The fraction of sp³-hybridized carbons (Fsp3) is 0.0952. The van der Waals surface area contributed by atoms with Gasteiger partial charge in [0.2, 0.25) is 0 Å². The van der Waals surface area contributed by atoms with Crippen molar-refractivity contribution in [1.82, 2.24) is 0 Å². The van der Waals surface area contributed by atoms with Gasteiger partial charge in [-0.05, 0) is 41.5 Å². The number of rotatable bonds is 6. The van der Waals surface area contributed by atoms with E-state index in [1.54, 1.807) is 37.4 Å². The Hall–Kier alpha value is -3.85. The number of benzene rings is 3. The van der Waals surface area contributed by atoms with Crippen molar-refractivity contribution < 1.29 is 14.4 Å². The first kappa shape index (κ1) is 18.0. The molecule has 0 fully saturated rings. The van der Waals surface area contributed by atoms with Gasteiger partial charge in [0.15, 0.2) is 0 Å². The predicted molar refractivity (Wildman–Crippen MR) is 101 cm³/mol. The molecule has 27 heavy (non-hydrogen) atoms. The van der Waals surface area contributed by atoms with E-state index in [2.05, 4.69) is 6.07 Å². The van der Waals surface area contributed by atoms with E-state index in [9.17, 15) is 10.1 Å². The van der Waals surface area contributed by atoms with Gasteiger partial charge in [-0.1, -0.05) is 24.3 Å². The Labute approximate surface area is 156 Å². The van der Waals surface area contributed by atoms with Crippen molar-refractivity contribution in [2.75, 3.05) is 7.11 Å². The maximum Gasteiger partial charge on any atom is 0.270 e. The molecule has 0 unspecified atom stereocenters. The molecule has 0 aromatic heterocycles. The van der Waals surface area contributed by atoms with Crippen LogP contribution in [0.4, 0.5) is 5.69 Å². The molecule has 0 atom stereocenters. The first-order chi connectivity index (χ1) is 13.1. The molecular formula is C21H16N2O4. The van der Waals surface area contributed by atoms with Crippen LogP contribution in [0.1, 0.15) is 11.1 Å². The van der Waals surface area contributed by atoms with Crippen molar-refractivity contribution in [3.63, 3.8) is 0 Å². The standard InChI is InChI=1S/C21H16N2O4/c1-26-19-9-6-17(7-10-19)20-12-18(23(24)25)8-11-21(20)27-14-16-4-2-15(13-22)3-5-16/h2-12H,14H2,1H3. The second kappa shape index (κ2) is 8.02.